The van der Waals surface area contributed by atoms with Crippen LogP contribution in [0.25, 0.3) is 0 Å². The molecule has 0 N–H and O–H groups in total. The Morgan fingerprint density at radius 1 is 1.19 bits per heavy atom. The first kappa shape index (κ1) is 14.7. The maximum Gasteiger partial charge on any atom is 0.270 e. The van der Waals surface area contributed by atoms with Gasteiger partial charge >= 0.3 is 0 Å². The molecular weight excluding hydrogens is 268 g/mol. The van der Waals surface area contributed by atoms with E-state index >= 15 is 0 Å². The van der Waals surface area contributed by atoms with Crippen LogP contribution in [0, 0.1) is 10.1 Å². The average Bonchev–Trinajstić information content (AvgIpc) is 2.46. The number of non-ortho nitro benzene ring substituents is 1. The molecule has 0 amide bonds. The fourth-order valence-electron chi connectivity index (χ4n) is 1.86. The van der Waals surface area contributed by atoms with Crippen molar-refractivity contribution in [2.75, 3.05) is 0 Å². The zero-order valence-corrected chi connectivity index (χ0v) is 11.8. The number of nitro benzene ring substituents is 1. The van der Waals surface area contributed by atoms with E-state index in [0.717, 1.165) is 5.56 Å². The Balaban J connectivity index is 2.31. The van der Waals surface area contributed by atoms with Crippen LogP contribution in [0.2, 0.25) is 0 Å². The van der Waals surface area contributed by atoms with Gasteiger partial charge in [-0.05, 0) is 29.2 Å². The number of nitrogens with zero attached hydrogens (tertiary/aromatic N) is 2. The van der Waals surface area contributed by atoms with Gasteiger partial charge in [-0.2, -0.15) is 0 Å². The molecule has 2 aromatic carbocycles. The first-order valence-corrected chi connectivity index (χ1v) is 6.57. The molecule has 2 aromatic rings. The second kappa shape index (κ2) is 6.17. The molecule has 5 nitrogen and oxygen atoms in total. The molecular formula is C16H15N2O3-. The second-order valence-corrected chi connectivity index (χ2v) is 4.99. The smallest absolute Gasteiger partial charge is 0.270 e. The summed E-state index contributed by atoms with van der Waals surface area (Å²) in [6, 6.07) is 11.3. The zero-order valence-electron chi connectivity index (χ0n) is 11.8. The number of hydrogen-bond acceptors (Lipinski definition) is 4. The predicted octanol–water partition coefficient (Wildman–Crippen LogP) is 3.54. The van der Waals surface area contributed by atoms with E-state index in [2.05, 4.69) is 18.8 Å². The van der Waals surface area contributed by atoms with Crippen LogP contribution in [0.15, 0.2) is 47.5 Å². The Morgan fingerprint density at radius 3 is 2.62 bits per heavy atom. The fraction of sp³-hybridized carbons (Fsp3) is 0.188. The maximum atomic E-state index is 11.7. The third-order valence-electron chi connectivity index (χ3n) is 3.09. The fourth-order valence-corrected chi connectivity index (χ4v) is 1.86. The van der Waals surface area contributed by atoms with Crippen molar-refractivity contribution < 1.29 is 10.0 Å². The molecule has 2 rings (SSSR count). The van der Waals surface area contributed by atoms with Crippen LogP contribution in [-0.4, -0.2) is 11.1 Å². The molecule has 0 spiro atoms. The summed E-state index contributed by atoms with van der Waals surface area (Å²) >= 11 is 0. The van der Waals surface area contributed by atoms with Gasteiger partial charge in [-0.25, -0.2) is 0 Å². The molecule has 0 bridgehead atoms. The Morgan fingerprint density at radius 2 is 1.95 bits per heavy atom. The topological polar surface area (TPSA) is 78.6 Å². The van der Waals surface area contributed by atoms with Crippen molar-refractivity contribution in [3.05, 3.63) is 63.7 Å². The molecule has 0 aliphatic carbocycles. The summed E-state index contributed by atoms with van der Waals surface area (Å²) in [6.07, 6.45) is 1.37. The molecule has 5 heteroatoms. The minimum absolute atomic E-state index is 0.119. The Labute approximate surface area is 122 Å². The summed E-state index contributed by atoms with van der Waals surface area (Å²) in [6.45, 7) is 4.16. The van der Waals surface area contributed by atoms with Crippen LogP contribution in [0.1, 0.15) is 30.9 Å². The van der Waals surface area contributed by atoms with E-state index in [1.54, 1.807) is 0 Å². The highest BCUT2D eigenvalue weighted by molar-refractivity contribution is 5.86. The summed E-state index contributed by atoms with van der Waals surface area (Å²) in [5, 5.41) is 22.4. The summed E-state index contributed by atoms with van der Waals surface area (Å²) in [5.74, 6) is 0.0948. The van der Waals surface area contributed by atoms with Gasteiger partial charge in [0.2, 0.25) is 0 Å². The van der Waals surface area contributed by atoms with Crippen LogP contribution < -0.4 is 5.11 Å². The van der Waals surface area contributed by atoms with Crippen molar-refractivity contribution in [2.24, 2.45) is 4.99 Å². The van der Waals surface area contributed by atoms with Gasteiger partial charge in [0.05, 0.1) is 10.6 Å². The minimum atomic E-state index is -0.532. The lowest BCUT2D eigenvalue weighted by molar-refractivity contribution is -0.385. The van der Waals surface area contributed by atoms with Gasteiger partial charge in [0.1, 0.15) is 0 Å². The van der Waals surface area contributed by atoms with Crippen molar-refractivity contribution in [3.8, 4) is 5.75 Å². The largest absolute Gasteiger partial charge is 0.872 e. The normalized spacial score (nSPS) is 11.2. The van der Waals surface area contributed by atoms with Crippen molar-refractivity contribution >= 4 is 17.6 Å². The molecule has 0 fully saturated rings. The van der Waals surface area contributed by atoms with Crippen molar-refractivity contribution in [1.82, 2.24) is 0 Å². The first-order valence-electron chi connectivity index (χ1n) is 6.57. The molecule has 21 heavy (non-hydrogen) atoms. The van der Waals surface area contributed by atoms with E-state index < -0.39 is 4.92 Å². The SMILES string of the molecule is CC(C)c1cccc(N=Cc2cc([N+](=O)[O-])ccc2[O-])c1. The second-order valence-electron chi connectivity index (χ2n) is 4.99. The Hall–Kier alpha value is -2.69. The van der Waals surface area contributed by atoms with E-state index in [1.165, 1.54) is 24.4 Å². The summed E-state index contributed by atoms with van der Waals surface area (Å²) < 4.78 is 0. The molecule has 0 atom stereocenters. The minimum Gasteiger partial charge on any atom is -0.872 e. The van der Waals surface area contributed by atoms with E-state index in [1.807, 2.05) is 24.3 Å². The van der Waals surface area contributed by atoms with Crippen LogP contribution >= 0.6 is 0 Å². The van der Waals surface area contributed by atoms with Gasteiger partial charge in [-0.3, -0.25) is 15.1 Å². The number of aliphatic imine (C=N–C) groups is 1. The molecule has 0 aliphatic heterocycles. The quantitative estimate of drug-likeness (QED) is 0.489. The molecule has 0 radical (unpaired) electrons. The zero-order chi connectivity index (χ0) is 15.4. The molecule has 0 heterocycles. The maximum absolute atomic E-state index is 11.7. The lowest BCUT2D eigenvalue weighted by atomic mass is 10.0. The molecule has 0 unspecified atom stereocenters. The third-order valence-corrected chi connectivity index (χ3v) is 3.09. The van der Waals surface area contributed by atoms with Gasteiger partial charge in [0.25, 0.3) is 5.69 Å². The van der Waals surface area contributed by atoms with E-state index in [-0.39, 0.29) is 17.0 Å². The highest BCUT2D eigenvalue weighted by Crippen LogP contribution is 2.22. The van der Waals surface area contributed by atoms with Crippen LogP contribution in [0.4, 0.5) is 11.4 Å². The van der Waals surface area contributed by atoms with Gasteiger partial charge in [0.15, 0.2) is 0 Å². The van der Waals surface area contributed by atoms with E-state index in [0.29, 0.717) is 11.6 Å². The van der Waals surface area contributed by atoms with Crippen molar-refractivity contribution in [1.29, 1.82) is 0 Å². The molecule has 0 saturated carbocycles. The summed E-state index contributed by atoms with van der Waals surface area (Å²) in [4.78, 5) is 14.4. The number of hydrogen-bond donors (Lipinski definition) is 0. The van der Waals surface area contributed by atoms with Crippen LogP contribution in [-0.2, 0) is 0 Å². The monoisotopic (exact) mass is 283 g/mol. The van der Waals surface area contributed by atoms with E-state index in [4.69, 9.17) is 0 Å². The number of nitro groups is 1. The highest BCUT2D eigenvalue weighted by Gasteiger charge is 2.05. The summed E-state index contributed by atoms with van der Waals surface area (Å²) in [7, 11) is 0. The predicted molar refractivity (Wildman–Crippen MR) is 80.3 cm³/mol. The van der Waals surface area contributed by atoms with Crippen molar-refractivity contribution in [2.45, 2.75) is 19.8 Å². The van der Waals surface area contributed by atoms with Gasteiger partial charge < -0.3 is 5.11 Å². The molecule has 0 saturated heterocycles. The summed E-state index contributed by atoms with van der Waals surface area (Å²) in [5.41, 5.74) is 1.95. The van der Waals surface area contributed by atoms with Crippen LogP contribution in [0.3, 0.4) is 0 Å². The Bertz CT molecular complexity index is 694. The van der Waals surface area contributed by atoms with Gasteiger partial charge in [0, 0.05) is 18.3 Å². The molecule has 0 aromatic heterocycles. The van der Waals surface area contributed by atoms with Crippen LogP contribution in [0.5, 0.6) is 5.75 Å². The molecule has 0 aliphatic rings. The molecule has 108 valence electrons. The van der Waals surface area contributed by atoms with Gasteiger partial charge in [-0.1, -0.05) is 37.8 Å². The highest BCUT2D eigenvalue weighted by atomic mass is 16.6. The lowest BCUT2D eigenvalue weighted by Gasteiger charge is -2.09. The van der Waals surface area contributed by atoms with E-state index in [9.17, 15) is 15.2 Å². The lowest BCUT2D eigenvalue weighted by Crippen LogP contribution is -1.98. The van der Waals surface area contributed by atoms with Gasteiger partial charge in [-0.15, -0.1) is 0 Å². The first-order chi connectivity index (χ1) is 9.97. The average molecular weight is 283 g/mol. The third kappa shape index (κ3) is 3.66. The Kier molecular flexibility index (Phi) is 4.33. The van der Waals surface area contributed by atoms with Crippen molar-refractivity contribution in [3.63, 3.8) is 0 Å². The standard InChI is InChI=1S/C16H16N2O3/c1-11(2)12-4-3-5-14(8-12)17-10-13-9-15(18(20)21)6-7-16(13)19/h3-11,19H,1-2H3/p-1. The number of benzene rings is 2. The number of rotatable bonds is 4.